The Bertz CT molecular complexity index is 1030. The van der Waals surface area contributed by atoms with Gasteiger partial charge in [-0.15, -0.1) is 0 Å². The van der Waals surface area contributed by atoms with E-state index < -0.39 is 6.61 Å². The first-order valence-electron chi connectivity index (χ1n) is 7.91. The SMILES string of the molecule is Cc1ccc(OC(F)F)c(C2CCn3c(=O)c4ccc(Br)cc4n32)c1. The summed E-state index contributed by atoms with van der Waals surface area (Å²) in [6.07, 6.45) is 0.654. The molecule has 2 aromatic carbocycles. The second-order valence-corrected chi connectivity index (χ2v) is 7.07. The van der Waals surface area contributed by atoms with Crippen LogP contribution in [0.3, 0.4) is 0 Å². The van der Waals surface area contributed by atoms with Gasteiger partial charge in [0.1, 0.15) is 5.75 Å². The fourth-order valence-corrected chi connectivity index (χ4v) is 3.92. The van der Waals surface area contributed by atoms with Crippen LogP contribution in [0.1, 0.15) is 23.6 Å². The fraction of sp³-hybridized carbons (Fsp3) is 0.278. The highest BCUT2D eigenvalue weighted by Gasteiger charge is 2.30. The molecule has 2 heterocycles. The van der Waals surface area contributed by atoms with Gasteiger partial charge in [0, 0.05) is 16.6 Å². The number of rotatable bonds is 3. The number of aromatic nitrogens is 2. The van der Waals surface area contributed by atoms with Gasteiger partial charge in [-0.05, 0) is 37.6 Å². The molecule has 0 N–H and O–H groups in total. The molecule has 4 rings (SSSR count). The summed E-state index contributed by atoms with van der Waals surface area (Å²) in [7, 11) is 0. The van der Waals surface area contributed by atoms with Crippen molar-refractivity contribution in [1.82, 2.24) is 9.36 Å². The highest BCUT2D eigenvalue weighted by molar-refractivity contribution is 9.10. The van der Waals surface area contributed by atoms with E-state index in [0.717, 1.165) is 15.6 Å². The average Bonchev–Trinajstić information content (AvgIpc) is 3.09. The van der Waals surface area contributed by atoms with E-state index in [1.165, 1.54) is 0 Å². The van der Waals surface area contributed by atoms with Crippen molar-refractivity contribution in [3.05, 3.63) is 62.4 Å². The van der Waals surface area contributed by atoms with Crippen LogP contribution in [0.4, 0.5) is 8.78 Å². The number of hydrogen-bond acceptors (Lipinski definition) is 2. The Hall–Kier alpha value is -2.15. The van der Waals surface area contributed by atoms with E-state index >= 15 is 0 Å². The highest BCUT2D eigenvalue weighted by atomic mass is 79.9. The molecule has 0 spiro atoms. The molecule has 0 amide bonds. The fourth-order valence-electron chi connectivity index (χ4n) is 3.57. The summed E-state index contributed by atoms with van der Waals surface area (Å²) < 4.78 is 34.8. The molecule has 1 aliphatic rings. The largest absolute Gasteiger partial charge is 0.434 e. The van der Waals surface area contributed by atoms with Crippen molar-refractivity contribution in [3.63, 3.8) is 0 Å². The van der Waals surface area contributed by atoms with Crippen molar-refractivity contribution in [2.45, 2.75) is 32.5 Å². The van der Waals surface area contributed by atoms with E-state index in [4.69, 9.17) is 4.74 Å². The first kappa shape index (κ1) is 16.3. The number of alkyl halides is 2. The Kier molecular flexibility index (Phi) is 3.91. The topological polar surface area (TPSA) is 36.2 Å². The Morgan fingerprint density at radius 1 is 1.24 bits per heavy atom. The van der Waals surface area contributed by atoms with Crippen LogP contribution in [-0.2, 0) is 6.54 Å². The second-order valence-electron chi connectivity index (χ2n) is 6.16. The maximum absolute atomic E-state index is 12.8. The molecular formula is C18H15BrF2N2O2. The number of fused-ring (bicyclic) bond motifs is 3. The van der Waals surface area contributed by atoms with Gasteiger partial charge in [-0.1, -0.05) is 33.6 Å². The van der Waals surface area contributed by atoms with Crippen LogP contribution in [0.2, 0.25) is 0 Å². The van der Waals surface area contributed by atoms with Gasteiger partial charge in [0.25, 0.3) is 5.56 Å². The lowest BCUT2D eigenvalue weighted by Crippen LogP contribution is -2.18. The van der Waals surface area contributed by atoms with E-state index in [1.807, 2.05) is 29.8 Å². The van der Waals surface area contributed by atoms with Gasteiger partial charge in [0.05, 0.1) is 16.9 Å². The lowest BCUT2D eigenvalue weighted by molar-refractivity contribution is -0.0507. The number of nitrogens with zero attached hydrogens (tertiary/aromatic N) is 2. The quantitative estimate of drug-likeness (QED) is 0.640. The van der Waals surface area contributed by atoms with Crippen LogP contribution >= 0.6 is 15.9 Å². The van der Waals surface area contributed by atoms with Gasteiger partial charge in [0.2, 0.25) is 0 Å². The number of hydrogen-bond donors (Lipinski definition) is 0. The summed E-state index contributed by atoms with van der Waals surface area (Å²) in [5.41, 5.74) is 2.35. The zero-order chi connectivity index (χ0) is 17.7. The van der Waals surface area contributed by atoms with Crippen LogP contribution in [0, 0.1) is 6.92 Å². The summed E-state index contributed by atoms with van der Waals surface area (Å²) in [5, 5.41) is 0.622. The van der Waals surface area contributed by atoms with Crippen LogP contribution in [0.15, 0.2) is 45.7 Å². The number of benzene rings is 2. The molecule has 1 aliphatic heterocycles. The van der Waals surface area contributed by atoms with Gasteiger partial charge >= 0.3 is 6.61 Å². The van der Waals surface area contributed by atoms with Crippen molar-refractivity contribution in [3.8, 4) is 5.75 Å². The smallest absolute Gasteiger partial charge is 0.387 e. The normalized spacial score (nSPS) is 16.6. The van der Waals surface area contributed by atoms with E-state index in [0.29, 0.717) is 23.9 Å². The minimum atomic E-state index is -2.89. The van der Waals surface area contributed by atoms with Crippen LogP contribution in [0.25, 0.3) is 10.9 Å². The summed E-state index contributed by atoms with van der Waals surface area (Å²) in [5.74, 6) is 0.156. The molecule has 0 bridgehead atoms. The lowest BCUT2D eigenvalue weighted by atomic mass is 10.0. The van der Waals surface area contributed by atoms with Gasteiger partial charge < -0.3 is 4.74 Å². The van der Waals surface area contributed by atoms with Crippen molar-refractivity contribution in [2.75, 3.05) is 0 Å². The molecule has 0 aliphatic carbocycles. The zero-order valence-electron chi connectivity index (χ0n) is 13.4. The molecule has 25 heavy (non-hydrogen) atoms. The molecule has 3 aromatic rings. The molecule has 1 aromatic heterocycles. The van der Waals surface area contributed by atoms with Crippen molar-refractivity contribution < 1.29 is 13.5 Å². The number of ether oxygens (including phenoxy) is 1. The summed E-state index contributed by atoms with van der Waals surface area (Å²) in [6.45, 7) is -0.444. The minimum absolute atomic E-state index is 0.0611. The summed E-state index contributed by atoms with van der Waals surface area (Å²) >= 11 is 3.44. The number of aryl methyl sites for hydroxylation is 1. The molecule has 4 nitrogen and oxygen atoms in total. The van der Waals surface area contributed by atoms with E-state index in [9.17, 15) is 13.6 Å². The van der Waals surface area contributed by atoms with Crippen molar-refractivity contribution in [2.24, 2.45) is 0 Å². The third-order valence-corrected chi connectivity index (χ3v) is 5.07. The lowest BCUT2D eigenvalue weighted by Gasteiger charge is -2.19. The van der Waals surface area contributed by atoms with Gasteiger partial charge in [0.15, 0.2) is 0 Å². The third-order valence-electron chi connectivity index (χ3n) is 4.58. The Morgan fingerprint density at radius 2 is 2.04 bits per heavy atom. The maximum atomic E-state index is 12.8. The molecule has 7 heteroatoms. The third kappa shape index (κ3) is 2.66. The molecule has 0 saturated carbocycles. The van der Waals surface area contributed by atoms with E-state index in [-0.39, 0.29) is 17.4 Å². The van der Waals surface area contributed by atoms with Crippen LogP contribution in [-0.4, -0.2) is 16.0 Å². The molecule has 1 unspecified atom stereocenters. The van der Waals surface area contributed by atoms with Crippen molar-refractivity contribution in [1.29, 1.82) is 0 Å². The van der Waals surface area contributed by atoms with Crippen LogP contribution < -0.4 is 10.3 Å². The second kappa shape index (κ2) is 5.98. The zero-order valence-corrected chi connectivity index (χ0v) is 15.0. The maximum Gasteiger partial charge on any atom is 0.387 e. The summed E-state index contributed by atoms with van der Waals surface area (Å²) in [6, 6.07) is 10.4. The molecule has 1 atom stereocenters. The average molecular weight is 409 g/mol. The highest BCUT2D eigenvalue weighted by Crippen LogP contribution is 2.37. The predicted molar refractivity (Wildman–Crippen MR) is 94.5 cm³/mol. The summed E-state index contributed by atoms with van der Waals surface area (Å²) in [4.78, 5) is 12.6. The molecular weight excluding hydrogens is 394 g/mol. The van der Waals surface area contributed by atoms with Crippen molar-refractivity contribution >= 4 is 26.8 Å². The van der Waals surface area contributed by atoms with Crippen LogP contribution in [0.5, 0.6) is 5.75 Å². The van der Waals surface area contributed by atoms with Gasteiger partial charge in [-0.3, -0.25) is 9.48 Å². The molecule has 0 fully saturated rings. The van der Waals surface area contributed by atoms with Gasteiger partial charge in [-0.2, -0.15) is 8.78 Å². The molecule has 0 saturated heterocycles. The minimum Gasteiger partial charge on any atom is -0.434 e. The number of halogens is 3. The molecule has 130 valence electrons. The first-order valence-corrected chi connectivity index (χ1v) is 8.71. The Balaban J connectivity index is 1.93. The molecule has 0 radical (unpaired) electrons. The van der Waals surface area contributed by atoms with Gasteiger partial charge in [-0.25, -0.2) is 4.68 Å². The van der Waals surface area contributed by atoms with E-state index in [1.54, 1.807) is 22.9 Å². The Morgan fingerprint density at radius 3 is 2.80 bits per heavy atom. The van der Waals surface area contributed by atoms with E-state index in [2.05, 4.69) is 15.9 Å². The monoisotopic (exact) mass is 408 g/mol. The predicted octanol–water partition coefficient (Wildman–Crippen LogP) is 4.47. The Labute approximate surface area is 150 Å². The first-order chi connectivity index (χ1) is 12.0. The standard InChI is InChI=1S/C18H15BrF2N2O2/c1-10-2-5-16(25-18(20)21)13(8-10)14-6-7-22-17(24)12-4-3-11(19)9-15(12)23(14)22/h2-5,8-9,14,18H,6-7H2,1H3.